The summed E-state index contributed by atoms with van der Waals surface area (Å²) in [6, 6.07) is 21.1. The van der Waals surface area contributed by atoms with Gasteiger partial charge in [-0.2, -0.15) is 5.01 Å². The Balaban J connectivity index is 1.40. The van der Waals surface area contributed by atoms with Gasteiger partial charge in [-0.1, -0.05) is 53.7 Å². The number of thioether (sulfide) groups is 1. The third-order valence-electron chi connectivity index (χ3n) is 5.22. The Labute approximate surface area is 223 Å². The second-order valence-electron chi connectivity index (χ2n) is 7.94. The number of methoxy groups -OCH3 is 1. The molecule has 37 heavy (non-hydrogen) atoms. The van der Waals surface area contributed by atoms with Crippen LogP contribution in [0.15, 0.2) is 77.7 Å². The molecule has 3 aromatic rings. The van der Waals surface area contributed by atoms with Crippen molar-refractivity contribution in [3.8, 4) is 11.5 Å². The number of carbonyl (C=O) groups excluding carboxylic acids is 3. The van der Waals surface area contributed by atoms with Crippen molar-refractivity contribution in [2.24, 2.45) is 0 Å². The number of carbonyl (C=O) groups is 3. The molecule has 2 N–H and O–H groups in total. The Morgan fingerprint density at radius 2 is 1.76 bits per heavy atom. The molecule has 0 bridgehead atoms. The fraction of sp³-hybridized carbons (Fsp3) is 0.111. The molecule has 0 aliphatic carbocycles. The predicted octanol–water partition coefficient (Wildman–Crippen LogP) is 4.57. The predicted molar refractivity (Wildman–Crippen MR) is 147 cm³/mol. The SMILES string of the molecule is COc1cc(/C=C2/SC(=S)N(NC(=O)c3ccccc3)C2=O)ccc1OCC(=O)Nc1ccc(C)cc1. The maximum atomic E-state index is 12.9. The van der Waals surface area contributed by atoms with E-state index in [4.69, 9.17) is 21.7 Å². The van der Waals surface area contributed by atoms with E-state index in [1.807, 2.05) is 31.2 Å². The third-order valence-corrected chi connectivity index (χ3v) is 6.52. The average molecular weight is 534 g/mol. The first-order valence-corrected chi connectivity index (χ1v) is 12.4. The molecule has 10 heteroatoms. The van der Waals surface area contributed by atoms with E-state index >= 15 is 0 Å². The van der Waals surface area contributed by atoms with Gasteiger partial charge in [-0.15, -0.1) is 0 Å². The van der Waals surface area contributed by atoms with Gasteiger partial charge in [0, 0.05) is 11.3 Å². The van der Waals surface area contributed by atoms with E-state index in [9.17, 15) is 14.4 Å². The molecular formula is C27H23N3O5S2. The zero-order valence-electron chi connectivity index (χ0n) is 20.0. The van der Waals surface area contributed by atoms with Crippen molar-refractivity contribution in [1.29, 1.82) is 0 Å². The summed E-state index contributed by atoms with van der Waals surface area (Å²) in [5.74, 6) is -0.415. The zero-order valence-corrected chi connectivity index (χ0v) is 21.7. The largest absolute Gasteiger partial charge is 0.493 e. The highest BCUT2D eigenvalue weighted by Crippen LogP contribution is 2.34. The number of hydrogen-bond acceptors (Lipinski definition) is 7. The maximum Gasteiger partial charge on any atom is 0.285 e. The summed E-state index contributed by atoms with van der Waals surface area (Å²) in [6.07, 6.45) is 1.64. The van der Waals surface area contributed by atoms with Crippen molar-refractivity contribution < 1.29 is 23.9 Å². The van der Waals surface area contributed by atoms with Gasteiger partial charge >= 0.3 is 0 Å². The Morgan fingerprint density at radius 1 is 1.03 bits per heavy atom. The zero-order chi connectivity index (χ0) is 26.4. The Morgan fingerprint density at radius 3 is 2.46 bits per heavy atom. The van der Waals surface area contributed by atoms with E-state index < -0.39 is 11.8 Å². The number of hydrogen-bond donors (Lipinski definition) is 2. The van der Waals surface area contributed by atoms with Crippen LogP contribution in [0.2, 0.25) is 0 Å². The molecule has 0 unspecified atom stereocenters. The van der Waals surface area contributed by atoms with Crippen molar-refractivity contribution in [3.63, 3.8) is 0 Å². The molecule has 1 aliphatic heterocycles. The molecule has 3 amide bonds. The molecule has 1 saturated heterocycles. The van der Waals surface area contributed by atoms with Gasteiger partial charge in [0.05, 0.1) is 12.0 Å². The number of aryl methyl sites for hydroxylation is 1. The van der Waals surface area contributed by atoms with E-state index in [-0.39, 0.29) is 16.8 Å². The number of amides is 3. The normalized spacial score (nSPS) is 14.0. The lowest BCUT2D eigenvalue weighted by molar-refractivity contribution is -0.123. The molecule has 0 spiro atoms. The van der Waals surface area contributed by atoms with Crippen molar-refractivity contribution in [2.45, 2.75) is 6.92 Å². The molecule has 3 aromatic carbocycles. The first-order valence-electron chi connectivity index (χ1n) is 11.2. The minimum atomic E-state index is -0.439. The number of thiocarbonyl (C=S) groups is 1. The first kappa shape index (κ1) is 25.9. The number of hydrazine groups is 1. The smallest absolute Gasteiger partial charge is 0.285 e. The van der Waals surface area contributed by atoms with Gasteiger partial charge in [0.25, 0.3) is 17.7 Å². The molecule has 8 nitrogen and oxygen atoms in total. The fourth-order valence-corrected chi connectivity index (χ4v) is 4.52. The Kier molecular flexibility index (Phi) is 8.22. The first-order chi connectivity index (χ1) is 17.8. The lowest BCUT2D eigenvalue weighted by atomic mass is 10.2. The lowest BCUT2D eigenvalue weighted by Gasteiger charge is -2.15. The summed E-state index contributed by atoms with van der Waals surface area (Å²) >= 11 is 6.37. The molecule has 0 atom stereocenters. The highest BCUT2D eigenvalue weighted by Gasteiger charge is 2.33. The van der Waals surface area contributed by atoms with Gasteiger partial charge in [-0.3, -0.25) is 19.8 Å². The number of rotatable bonds is 8. The van der Waals surface area contributed by atoms with Crippen LogP contribution in [0, 0.1) is 6.92 Å². The van der Waals surface area contributed by atoms with Crippen LogP contribution in [-0.2, 0) is 9.59 Å². The summed E-state index contributed by atoms with van der Waals surface area (Å²) in [5, 5.41) is 3.83. The molecule has 1 fully saturated rings. The van der Waals surface area contributed by atoms with Crippen LogP contribution < -0.4 is 20.2 Å². The Hall–Kier alpha value is -4.15. The van der Waals surface area contributed by atoms with E-state index in [1.54, 1.807) is 54.6 Å². The van der Waals surface area contributed by atoms with Crippen LogP contribution in [0.25, 0.3) is 6.08 Å². The van der Waals surface area contributed by atoms with Crippen molar-refractivity contribution in [1.82, 2.24) is 10.4 Å². The van der Waals surface area contributed by atoms with E-state index in [0.717, 1.165) is 22.3 Å². The molecule has 1 heterocycles. The summed E-state index contributed by atoms with van der Waals surface area (Å²) < 4.78 is 11.3. The average Bonchev–Trinajstić information content (AvgIpc) is 3.16. The van der Waals surface area contributed by atoms with E-state index in [0.29, 0.717) is 33.2 Å². The molecule has 1 aliphatic rings. The van der Waals surface area contributed by atoms with Crippen molar-refractivity contribution in [2.75, 3.05) is 19.0 Å². The van der Waals surface area contributed by atoms with Gasteiger partial charge in [-0.05, 0) is 67.2 Å². The number of ether oxygens (including phenoxy) is 2. The van der Waals surface area contributed by atoms with E-state index in [1.165, 1.54) is 7.11 Å². The molecular weight excluding hydrogens is 510 g/mol. The highest BCUT2D eigenvalue weighted by molar-refractivity contribution is 8.26. The topological polar surface area (TPSA) is 97.0 Å². The van der Waals surface area contributed by atoms with Crippen LogP contribution >= 0.6 is 24.0 Å². The molecule has 4 rings (SSSR count). The van der Waals surface area contributed by atoms with Crippen LogP contribution in [-0.4, -0.2) is 40.8 Å². The van der Waals surface area contributed by atoms with Crippen LogP contribution in [0.5, 0.6) is 11.5 Å². The minimum absolute atomic E-state index is 0.205. The molecule has 0 saturated carbocycles. The van der Waals surface area contributed by atoms with Crippen LogP contribution in [0.3, 0.4) is 0 Å². The van der Waals surface area contributed by atoms with Crippen molar-refractivity contribution >= 4 is 57.8 Å². The van der Waals surface area contributed by atoms with Gasteiger partial charge in [0.2, 0.25) is 0 Å². The molecule has 0 aromatic heterocycles. The summed E-state index contributed by atoms with van der Waals surface area (Å²) in [6.45, 7) is 1.76. The molecule has 188 valence electrons. The van der Waals surface area contributed by atoms with Gasteiger partial charge < -0.3 is 14.8 Å². The number of nitrogens with zero attached hydrogens (tertiary/aromatic N) is 1. The van der Waals surface area contributed by atoms with Gasteiger partial charge in [0.1, 0.15) is 0 Å². The fourth-order valence-electron chi connectivity index (χ4n) is 3.34. The maximum absolute atomic E-state index is 12.9. The second kappa shape index (κ2) is 11.7. The number of anilines is 1. The summed E-state index contributed by atoms with van der Waals surface area (Å²) in [4.78, 5) is 37.9. The minimum Gasteiger partial charge on any atom is -0.493 e. The van der Waals surface area contributed by atoms with E-state index in [2.05, 4.69) is 10.7 Å². The third kappa shape index (κ3) is 6.54. The van der Waals surface area contributed by atoms with Crippen LogP contribution in [0.4, 0.5) is 5.69 Å². The van der Waals surface area contributed by atoms with Gasteiger partial charge in [-0.25, -0.2) is 0 Å². The van der Waals surface area contributed by atoms with Crippen molar-refractivity contribution in [3.05, 3.63) is 94.4 Å². The monoisotopic (exact) mass is 533 g/mol. The summed E-state index contributed by atoms with van der Waals surface area (Å²) in [7, 11) is 1.48. The van der Waals surface area contributed by atoms with Gasteiger partial charge in [0.15, 0.2) is 22.4 Å². The lowest BCUT2D eigenvalue weighted by Crippen LogP contribution is -2.44. The quantitative estimate of drug-likeness (QED) is 0.324. The standard InChI is InChI=1S/C27H23N3O5S2/c1-17-8-11-20(12-9-17)28-24(31)16-35-21-13-10-18(14-22(21)34-2)15-23-26(33)30(27(36)37-23)29-25(32)19-6-4-3-5-7-19/h3-15H,16H2,1-2H3,(H,28,31)(H,29,32)/b23-15+. The summed E-state index contributed by atoms with van der Waals surface area (Å²) in [5.41, 5.74) is 5.39. The highest BCUT2D eigenvalue weighted by atomic mass is 32.2. The number of nitrogens with one attached hydrogen (secondary N) is 2. The second-order valence-corrected chi connectivity index (χ2v) is 9.61. The number of benzene rings is 3. The van der Waals surface area contributed by atoms with Crippen LogP contribution in [0.1, 0.15) is 21.5 Å². The Bertz CT molecular complexity index is 1370. The molecule has 0 radical (unpaired) electrons.